The lowest BCUT2D eigenvalue weighted by Crippen LogP contribution is -2.47. The van der Waals surface area contributed by atoms with Crippen LogP contribution in [0.15, 0.2) is 30.5 Å². The van der Waals surface area contributed by atoms with Gasteiger partial charge in [-0.15, -0.1) is 0 Å². The number of benzene rings is 1. The first kappa shape index (κ1) is 19.6. The van der Waals surface area contributed by atoms with Crippen LogP contribution in [0.4, 0.5) is 11.8 Å². The van der Waals surface area contributed by atoms with E-state index in [-0.39, 0.29) is 11.9 Å². The number of nitrogens with zero attached hydrogens (tertiary/aromatic N) is 5. The molecule has 0 atom stereocenters. The van der Waals surface area contributed by atoms with Crippen molar-refractivity contribution >= 4 is 28.7 Å². The zero-order valence-electron chi connectivity index (χ0n) is 17.8. The summed E-state index contributed by atoms with van der Waals surface area (Å²) in [5.41, 5.74) is 8.96. The minimum Gasteiger partial charge on any atom is -0.495 e. The van der Waals surface area contributed by atoms with Gasteiger partial charge >= 0.3 is 0 Å². The average molecular weight is 422 g/mol. The van der Waals surface area contributed by atoms with Gasteiger partial charge in [0, 0.05) is 44.0 Å². The summed E-state index contributed by atoms with van der Waals surface area (Å²) in [6.45, 7) is 3.24. The Balaban J connectivity index is 1.52. The van der Waals surface area contributed by atoms with Gasteiger partial charge in [0.05, 0.1) is 18.3 Å². The summed E-state index contributed by atoms with van der Waals surface area (Å²) in [5.74, 6) is 1.61. The van der Waals surface area contributed by atoms with E-state index in [2.05, 4.69) is 27.2 Å². The van der Waals surface area contributed by atoms with Crippen molar-refractivity contribution in [1.82, 2.24) is 24.3 Å². The van der Waals surface area contributed by atoms with Crippen LogP contribution in [0.1, 0.15) is 23.2 Å². The van der Waals surface area contributed by atoms with Gasteiger partial charge in [0.2, 0.25) is 5.95 Å². The van der Waals surface area contributed by atoms with Crippen molar-refractivity contribution < 1.29 is 9.53 Å². The summed E-state index contributed by atoms with van der Waals surface area (Å²) >= 11 is 0. The van der Waals surface area contributed by atoms with Crippen LogP contribution < -0.4 is 15.8 Å². The molecule has 0 bridgehead atoms. The van der Waals surface area contributed by atoms with Gasteiger partial charge in [-0.1, -0.05) is 0 Å². The molecule has 2 fully saturated rings. The largest absolute Gasteiger partial charge is 0.495 e. The van der Waals surface area contributed by atoms with Crippen molar-refractivity contribution in [3.05, 3.63) is 36.0 Å². The fourth-order valence-corrected chi connectivity index (χ4v) is 3.99. The highest BCUT2D eigenvalue weighted by Gasteiger charge is 2.25. The number of hydrogen-bond donors (Lipinski definition) is 2. The van der Waals surface area contributed by atoms with E-state index in [4.69, 9.17) is 10.5 Å². The maximum absolute atomic E-state index is 13.0. The molecule has 5 rings (SSSR count). The molecule has 3 heterocycles. The number of nitrogen functional groups attached to an aromatic ring is 1. The van der Waals surface area contributed by atoms with Crippen molar-refractivity contribution in [2.24, 2.45) is 0 Å². The number of rotatable bonds is 5. The maximum atomic E-state index is 13.0. The van der Waals surface area contributed by atoms with Crippen LogP contribution in [0.3, 0.4) is 0 Å². The van der Waals surface area contributed by atoms with Crippen LogP contribution in [-0.2, 0) is 0 Å². The zero-order valence-corrected chi connectivity index (χ0v) is 17.8. The van der Waals surface area contributed by atoms with E-state index in [9.17, 15) is 4.79 Å². The lowest BCUT2D eigenvalue weighted by molar-refractivity contribution is 0.0664. The third kappa shape index (κ3) is 3.76. The number of carbonyl (C=O) groups is 1. The second-order valence-corrected chi connectivity index (χ2v) is 8.25. The highest BCUT2D eigenvalue weighted by Crippen LogP contribution is 2.33. The molecule has 162 valence electrons. The average Bonchev–Trinajstić information content (AvgIpc) is 3.49. The third-order valence-electron chi connectivity index (χ3n) is 5.95. The zero-order chi connectivity index (χ0) is 21.5. The Labute approximate surface area is 180 Å². The Morgan fingerprint density at radius 1 is 1.16 bits per heavy atom. The van der Waals surface area contributed by atoms with Crippen LogP contribution in [0.5, 0.6) is 5.75 Å². The monoisotopic (exact) mass is 421 g/mol. The van der Waals surface area contributed by atoms with E-state index < -0.39 is 0 Å². The van der Waals surface area contributed by atoms with Crippen molar-refractivity contribution in [1.29, 1.82) is 0 Å². The normalized spacial score (nSPS) is 17.2. The standard InChI is InChI=1S/C22H27N7O2/c1-27-9-11-28(12-10-27)21(30)14-3-6-17(18(13-14)31-2)29-8-7-16-19(29)20(24-15-4-5-15)26-22(23)25-16/h3,6-8,13,15H,4-5,9-12H2,1-2H3,(H3,23,24,25,26). The molecule has 0 unspecified atom stereocenters. The fraction of sp³-hybridized carbons (Fsp3) is 0.409. The molecule has 1 saturated heterocycles. The number of ether oxygens (including phenoxy) is 1. The summed E-state index contributed by atoms with van der Waals surface area (Å²) in [6.07, 6.45) is 4.17. The lowest BCUT2D eigenvalue weighted by Gasteiger charge is -2.32. The van der Waals surface area contributed by atoms with Gasteiger partial charge in [0.1, 0.15) is 11.3 Å². The maximum Gasteiger partial charge on any atom is 0.254 e. The number of fused-ring (bicyclic) bond motifs is 1. The molecule has 31 heavy (non-hydrogen) atoms. The number of amides is 1. The molecular weight excluding hydrogens is 394 g/mol. The smallest absolute Gasteiger partial charge is 0.254 e. The quantitative estimate of drug-likeness (QED) is 0.649. The van der Waals surface area contributed by atoms with E-state index in [1.165, 1.54) is 0 Å². The van der Waals surface area contributed by atoms with E-state index in [0.29, 0.717) is 17.4 Å². The Morgan fingerprint density at radius 2 is 1.94 bits per heavy atom. The first-order valence-electron chi connectivity index (χ1n) is 10.6. The highest BCUT2D eigenvalue weighted by atomic mass is 16.5. The van der Waals surface area contributed by atoms with Crippen molar-refractivity contribution in [3.63, 3.8) is 0 Å². The number of piperazine rings is 1. The number of aromatic nitrogens is 3. The van der Waals surface area contributed by atoms with E-state index in [1.807, 2.05) is 39.9 Å². The molecular formula is C22H27N7O2. The Bertz CT molecular complexity index is 1130. The Kier molecular flexibility index (Phi) is 4.90. The summed E-state index contributed by atoms with van der Waals surface area (Å²) in [7, 11) is 3.69. The molecule has 0 radical (unpaired) electrons. The first-order valence-corrected chi connectivity index (χ1v) is 10.6. The summed E-state index contributed by atoms with van der Waals surface area (Å²) in [4.78, 5) is 25.9. The summed E-state index contributed by atoms with van der Waals surface area (Å²) in [5, 5.41) is 3.45. The molecule has 1 saturated carbocycles. The highest BCUT2D eigenvalue weighted by molar-refractivity contribution is 5.95. The van der Waals surface area contributed by atoms with Crippen LogP contribution in [0.2, 0.25) is 0 Å². The van der Waals surface area contributed by atoms with Crippen LogP contribution in [0, 0.1) is 0 Å². The van der Waals surface area contributed by atoms with Gasteiger partial charge in [-0.3, -0.25) is 4.79 Å². The van der Waals surface area contributed by atoms with Crippen LogP contribution in [-0.4, -0.2) is 76.6 Å². The SMILES string of the molecule is COc1cc(C(=O)N2CCN(C)CC2)ccc1-n1ccc2nc(N)nc(NC3CC3)c21. The van der Waals surface area contributed by atoms with Crippen molar-refractivity contribution in [3.8, 4) is 11.4 Å². The summed E-state index contributed by atoms with van der Waals surface area (Å²) < 4.78 is 7.67. The van der Waals surface area contributed by atoms with Gasteiger partial charge in [0.15, 0.2) is 5.82 Å². The fourth-order valence-electron chi connectivity index (χ4n) is 3.99. The molecule has 1 aliphatic heterocycles. The Hall–Kier alpha value is -3.33. The number of likely N-dealkylation sites (N-methyl/N-ethyl adjacent to an activating group) is 1. The molecule has 2 aliphatic rings. The molecule has 1 amide bonds. The molecule has 2 aromatic heterocycles. The predicted molar refractivity (Wildman–Crippen MR) is 120 cm³/mol. The van der Waals surface area contributed by atoms with E-state index in [1.54, 1.807) is 7.11 Å². The van der Waals surface area contributed by atoms with Gasteiger partial charge in [-0.2, -0.15) is 4.98 Å². The van der Waals surface area contributed by atoms with Crippen LogP contribution >= 0.6 is 0 Å². The molecule has 1 aromatic carbocycles. The van der Waals surface area contributed by atoms with Gasteiger partial charge < -0.3 is 30.2 Å². The molecule has 9 heteroatoms. The third-order valence-corrected chi connectivity index (χ3v) is 5.95. The van der Waals surface area contributed by atoms with E-state index in [0.717, 1.165) is 61.6 Å². The van der Waals surface area contributed by atoms with Gasteiger partial charge in [-0.25, -0.2) is 4.98 Å². The lowest BCUT2D eigenvalue weighted by atomic mass is 10.1. The molecule has 9 nitrogen and oxygen atoms in total. The first-order chi connectivity index (χ1) is 15.0. The molecule has 3 aromatic rings. The number of methoxy groups -OCH3 is 1. The van der Waals surface area contributed by atoms with Crippen molar-refractivity contribution in [2.45, 2.75) is 18.9 Å². The second-order valence-electron chi connectivity index (χ2n) is 8.25. The molecule has 0 spiro atoms. The topological polar surface area (TPSA) is 102 Å². The molecule has 1 aliphatic carbocycles. The minimum absolute atomic E-state index is 0.0301. The number of carbonyl (C=O) groups excluding carboxylic acids is 1. The number of hydrogen-bond acceptors (Lipinski definition) is 7. The molecule has 3 N–H and O–H groups in total. The van der Waals surface area contributed by atoms with Crippen LogP contribution in [0.25, 0.3) is 16.7 Å². The number of nitrogens with two attached hydrogens (primary N) is 1. The predicted octanol–water partition coefficient (Wildman–Crippen LogP) is 1.97. The Morgan fingerprint density at radius 3 is 2.65 bits per heavy atom. The number of nitrogens with one attached hydrogen (secondary N) is 1. The van der Waals surface area contributed by atoms with Crippen molar-refractivity contribution in [2.75, 3.05) is 51.4 Å². The second kappa shape index (κ2) is 7.73. The summed E-state index contributed by atoms with van der Waals surface area (Å²) in [6, 6.07) is 7.92. The van der Waals surface area contributed by atoms with E-state index >= 15 is 0 Å². The van der Waals surface area contributed by atoms with Gasteiger partial charge in [-0.05, 0) is 44.2 Å². The minimum atomic E-state index is 0.0301. The van der Waals surface area contributed by atoms with Gasteiger partial charge in [0.25, 0.3) is 5.91 Å². The number of anilines is 2.